The Morgan fingerprint density at radius 1 is 1.39 bits per heavy atom. The molecular formula is C17H26N2O4. The van der Waals surface area contributed by atoms with E-state index < -0.39 is 0 Å². The fourth-order valence-electron chi connectivity index (χ4n) is 2.60. The summed E-state index contributed by atoms with van der Waals surface area (Å²) in [5.41, 5.74) is 0.614. The van der Waals surface area contributed by atoms with Gasteiger partial charge in [-0.25, -0.2) is 0 Å². The van der Waals surface area contributed by atoms with Crippen molar-refractivity contribution in [2.24, 2.45) is 0 Å². The highest BCUT2D eigenvalue weighted by molar-refractivity contribution is 5.92. The second kappa shape index (κ2) is 8.74. The smallest absolute Gasteiger partial charge is 0.226 e. The molecule has 23 heavy (non-hydrogen) atoms. The second-order valence-corrected chi connectivity index (χ2v) is 5.76. The molecule has 0 aliphatic carbocycles. The van der Waals surface area contributed by atoms with E-state index in [0.717, 1.165) is 26.0 Å². The Balaban J connectivity index is 1.83. The Bertz CT molecular complexity index is 515. The lowest BCUT2D eigenvalue weighted by atomic mass is 10.2. The average Bonchev–Trinajstić information content (AvgIpc) is 3.06. The maximum atomic E-state index is 12.2. The fourth-order valence-corrected chi connectivity index (χ4v) is 2.60. The summed E-state index contributed by atoms with van der Waals surface area (Å²) in [5.74, 6) is 1.22. The maximum Gasteiger partial charge on any atom is 0.226 e. The monoisotopic (exact) mass is 322 g/mol. The van der Waals surface area contributed by atoms with Gasteiger partial charge in [0, 0.05) is 31.7 Å². The quantitative estimate of drug-likeness (QED) is 0.768. The van der Waals surface area contributed by atoms with Crippen molar-refractivity contribution in [1.29, 1.82) is 0 Å². The van der Waals surface area contributed by atoms with Gasteiger partial charge in [-0.3, -0.25) is 4.79 Å². The number of carbonyl (C=O) groups excluding carboxylic acids is 1. The first-order valence-corrected chi connectivity index (χ1v) is 7.99. The van der Waals surface area contributed by atoms with Crippen LogP contribution in [0, 0.1) is 0 Å². The predicted octanol–water partition coefficient (Wildman–Crippen LogP) is 2.19. The number of carbonyl (C=O) groups is 1. The molecule has 6 nitrogen and oxygen atoms in total. The summed E-state index contributed by atoms with van der Waals surface area (Å²) < 4.78 is 16.0. The molecule has 128 valence electrons. The Labute approximate surface area is 137 Å². The number of benzene rings is 1. The molecule has 1 aliphatic rings. The van der Waals surface area contributed by atoms with Crippen LogP contribution in [0.4, 0.5) is 5.69 Å². The van der Waals surface area contributed by atoms with Gasteiger partial charge in [0.05, 0.1) is 26.0 Å². The molecule has 0 radical (unpaired) electrons. The first kappa shape index (κ1) is 17.6. The molecule has 1 saturated heterocycles. The van der Waals surface area contributed by atoms with Crippen molar-refractivity contribution in [2.45, 2.75) is 38.3 Å². The van der Waals surface area contributed by atoms with Crippen molar-refractivity contribution in [3.8, 4) is 11.5 Å². The average molecular weight is 322 g/mol. The van der Waals surface area contributed by atoms with Crippen LogP contribution in [-0.4, -0.2) is 45.4 Å². The molecule has 0 saturated carbocycles. The van der Waals surface area contributed by atoms with Crippen LogP contribution in [-0.2, 0) is 9.53 Å². The lowest BCUT2D eigenvalue weighted by molar-refractivity contribution is -0.116. The third-order valence-corrected chi connectivity index (χ3v) is 3.89. The number of hydrogen-bond donors (Lipinski definition) is 2. The lowest BCUT2D eigenvalue weighted by Gasteiger charge is -2.17. The van der Waals surface area contributed by atoms with Crippen LogP contribution in [0.15, 0.2) is 18.2 Å². The van der Waals surface area contributed by atoms with Gasteiger partial charge in [-0.05, 0) is 31.9 Å². The van der Waals surface area contributed by atoms with Gasteiger partial charge >= 0.3 is 0 Å². The summed E-state index contributed by atoms with van der Waals surface area (Å²) in [6.07, 6.45) is 2.87. The van der Waals surface area contributed by atoms with E-state index in [9.17, 15) is 4.79 Å². The standard InChI is InChI=1S/C17H26N2O4/c1-12(18-11-14-5-4-8-23-14)9-17(20)19-15-10-13(21-2)6-7-16(15)22-3/h6-7,10,12,14,18H,4-5,8-9,11H2,1-3H3,(H,19,20). The molecule has 6 heteroatoms. The van der Waals surface area contributed by atoms with E-state index in [2.05, 4.69) is 10.6 Å². The highest BCUT2D eigenvalue weighted by Crippen LogP contribution is 2.29. The zero-order valence-corrected chi connectivity index (χ0v) is 14.1. The molecule has 1 fully saturated rings. The predicted molar refractivity (Wildman–Crippen MR) is 89.2 cm³/mol. The topological polar surface area (TPSA) is 68.8 Å². The molecule has 1 heterocycles. The highest BCUT2D eigenvalue weighted by atomic mass is 16.5. The van der Waals surface area contributed by atoms with Gasteiger partial charge in [0.1, 0.15) is 11.5 Å². The molecule has 1 aromatic carbocycles. The Morgan fingerprint density at radius 3 is 2.87 bits per heavy atom. The summed E-state index contributed by atoms with van der Waals surface area (Å²) in [6, 6.07) is 5.39. The van der Waals surface area contributed by atoms with Crippen LogP contribution < -0.4 is 20.1 Å². The van der Waals surface area contributed by atoms with Gasteiger partial charge in [-0.2, -0.15) is 0 Å². The minimum Gasteiger partial charge on any atom is -0.497 e. The lowest BCUT2D eigenvalue weighted by Crippen LogP contribution is -2.36. The van der Waals surface area contributed by atoms with Gasteiger partial charge in [0.25, 0.3) is 0 Å². The van der Waals surface area contributed by atoms with E-state index in [0.29, 0.717) is 23.6 Å². The molecule has 0 bridgehead atoms. The molecule has 1 aromatic rings. The van der Waals surface area contributed by atoms with Crippen molar-refractivity contribution >= 4 is 11.6 Å². The zero-order valence-electron chi connectivity index (χ0n) is 14.1. The largest absolute Gasteiger partial charge is 0.497 e. The summed E-state index contributed by atoms with van der Waals surface area (Å²) >= 11 is 0. The summed E-state index contributed by atoms with van der Waals surface area (Å²) in [5, 5.41) is 6.23. The molecule has 0 aromatic heterocycles. The number of amides is 1. The van der Waals surface area contributed by atoms with Crippen molar-refractivity contribution < 1.29 is 19.0 Å². The number of nitrogens with one attached hydrogen (secondary N) is 2. The third-order valence-electron chi connectivity index (χ3n) is 3.89. The van der Waals surface area contributed by atoms with E-state index in [1.807, 2.05) is 6.92 Å². The molecule has 2 atom stereocenters. The van der Waals surface area contributed by atoms with Crippen molar-refractivity contribution in [1.82, 2.24) is 5.32 Å². The van der Waals surface area contributed by atoms with Gasteiger partial charge in [-0.15, -0.1) is 0 Å². The summed E-state index contributed by atoms with van der Waals surface area (Å²) in [7, 11) is 3.16. The molecular weight excluding hydrogens is 296 g/mol. The van der Waals surface area contributed by atoms with Gasteiger partial charge in [-0.1, -0.05) is 0 Å². The van der Waals surface area contributed by atoms with Gasteiger partial charge in [0.2, 0.25) is 5.91 Å². The van der Waals surface area contributed by atoms with E-state index in [-0.39, 0.29) is 18.1 Å². The number of methoxy groups -OCH3 is 2. The zero-order chi connectivity index (χ0) is 16.7. The van der Waals surface area contributed by atoms with Crippen LogP contribution in [0.2, 0.25) is 0 Å². The van der Waals surface area contributed by atoms with Gasteiger partial charge < -0.3 is 24.8 Å². The van der Waals surface area contributed by atoms with Crippen molar-refractivity contribution in [3.63, 3.8) is 0 Å². The first-order chi connectivity index (χ1) is 11.1. The van der Waals surface area contributed by atoms with Crippen LogP contribution in [0.3, 0.4) is 0 Å². The first-order valence-electron chi connectivity index (χ1n) is 7.99. The van der Waals surface area contributed by atoms with E-state index in [4.69, 9.17) is 14.2 Å². The van der Waals surface area contributed by atoms with E-state index >= 15 is 0 Å². The minimum atomic E-state index is -0.0658. The molecule has 2 unspecified atom stereocenters. The van der Waals surface area contributed by atoms with Crippen molar-refractivity contribution in [3.05, 3.63) is 18.2 Å². The highest BCUT2D eigenvalue weighted by Gasteiger charge is 2.17. The second-order valence-electron chi connectivity index (χ2n) is 5.76. The fraction of sp³-hybridized carbons (Fsp3) is 0.588. The molecule has 2 N–H and O–H groups in total. The summed E-state index contributed by atoms with van der Waals surface area (Å²) in [4.78, 5) is 12.2. The summed E-state index contributed by atoms with van der Waals surface area (Å²) in [6.45, 7) is 3.63. The van der Waals surface area contributed by atoms with Crippen LogP contribution in [0.25, 0.3) is 0 Å². The maximum absolute atomic E-state index is 12.2. The molecule has 0 spiro atoms. The van der Waals surface area contributed by atoms with Crippen LogP contribution in [0.5, 0.6) is 11.5 Å². The number of hydrogen-bond acceptors (Lipinski definition) is 5. The molecule has 2 rings (SSSR count). The van der Waals surface area contributed by atoms with Crippen LogP contribution in [0.1, 0.15) is 26.2 Å². The Hall–Kier alpha value is -1.79. The SMILES string of the molecule is COc1ccc(OC)c(NC(=O)CC(C)NCC2CCCO2)c1. The number of ether oxygens (including phenoxy) is 3. The van der Waals surface area contributed by atoms with Crippen molar-refractivity contribution in [2.75, 3.05) is 32.7 Å². The van der Waals surface area contributed by atoms with E-state index in [1.165, 1.54) is 0 Å². The minimum absolute atomic E-state index is 0.0658. The van der Waals surface area contributed by atoms with Gasteiger partial charge in [0.15, 0.2) is 0 Å². The Kier molecular flexibility index (Phi) is 6.67. The Morgan fingerprint density at radius 2 is 2.22 bits per heavy atom. The molecule has 1 amide bonds. The van der Waals surface area contributed by atoms with E-state index in [1.54, 1.807) is 32.4 Å². The van der Waals surface area contributed by atoms with Crippen LogP contribution >= 0.6 is 0 Å². The number of rotatable bonds is 8. The normalized spacial score (nSPS) is 18.5. The molecule has 1 aliphatic heterocycles. The number of anilines is 1. The third kappa shape index (κ3) is 5.41.